The van der Waals surface area contributed by atoms with E-state index in [0.717, 1.165) is 16.8 Å². The lowest BCUT2D eigenvalue weighted by Crippen LogP contribution is -2.38. The predicted octanol–water partition coefficient (Wildman–Crippen LogP) is 3.74. The summed E-state index contributed by atoms with van der Waals surface area (Å²) in [5.41, 5.74) is 2.23. The minimum absolute atomic E-state index is 0.0994. The van der Waals surface area contributed by atoms with Crippen molar-refractivity contribution in [1.29, 1.82) is 0 Å². The molecule has 7 heteroatoms. The first-order valence-electron chi connectivity index (χ1n) is 9.87. The molecular formula is C24H22N4O3. The smallest absolute Gasteiger partial charge is 0.251 e. The standard InChI is InChI=1S/C24H22N4O3/c1-28(16-22-26-20-9-5-6-10-21(20)27-22)23(29)15-25-24(30)17-11-13-19(14-12-17)31-18-7-3-2-4-8-18/h2-14H,15-16H2,1H3,(H,25,30)(H,26,27). The van der Waals surface area contributed by atoms with Gasteiger partial charge in [-0.05, 0) is 48.5 Å². The SMILES string of the molecule is CN(Cc1nc2ccccc2[nH]1)C(=O)CNC(=O)c1ccc(Oc2ccccc2)cc1. The van der Waals surface area contributed by atoms with Crippen LogP contribution in [-0.4, -0.2) is 40.3 Å². The summed E-state index contributed by atoms with van der Waals surface area (Å²) in [7, 11) is 1.68. The van der Waals surface area contributed by atoms with Gasteiger partial charge in [0.15, 0.2) is 0 Å². The first kappa shape index (κ1) is 20.2. The van der Waals surface area contributed by atoms with Crippen LogP contribution in [0.25, 0.3) is 11.0 Å². The molecule has 4 rings (SSSR count). The number of aromatic amines is 1. The third kappa shape index (κ3) is 5.08. The maximum atomic E-state index is 12.4. The van der Waals surface area contributed by atoms with Crippen LogP contribution in [0, 0.1) is 0 Å². The van der Waals surface area contributed by atoms with Crippen LogP contribution in [0.1, 0.15) is 16.2 Å². The summed E-state index contributed by atoms with van der Waals surface area (Å²) in [6.07, 6.45) is 0. The Labute approximate surface area is 179 Å². The van der Waals surface area contributed by atoms with Gasteiger partial charge in [-0.3, -0.25) is 9.59 Å². The number of likely N-dealkylation sites (N-methyl/N-ethyl adjacent to an activating group) is 1. The van der Waals surface area contributed by atoms with Gasteiger partial charge in [0.1, 0.15) is 17.3 Å². The minimum atomic E-state index is -0.322. The number of nitrogens with one attached hydrogen (secondary N) is 2. The molecule has 0 saturated heterocycles. The Hall–Kier alpha value is -4.13. The Morgan fingerprint density at radius 2 is 1.61 bits per heavy atom. The van der Waals surface area contributed by atoms with E-state index in [2.05, 4.69) is 15.3 Å². The summed E-state index contributed by atoms with van der Waals surface area (Å²) in [6.45, 7) is 0.229. The van der Waals surface area contributed by atoms with Crippen molar-refractivity contribution in [3.63, 3.8) is 0 Å². The molecule has 0 aliphatic rings. The summed E-state index contributed by atoms with van der Waals surface area (Å²) < 4.78 is 5.72. The van der Waals surface area contributed by atoms with Gasteiger partial charge in [0, 0.05) is 12.6 Å². The van der Waals surface area contributed by atoms with E-state index in [0.29, 0.717) is 23.7 Å². The fourth-order valence-electron chi connectivity index (χ4n) is 3.09. The second kappa shape index (κ2) is 9.13. The highest BCUT2D eigenvalue weighted by atomic mass is 16.5. The Morgan fingerprint density at radius 3 is 2.35 bits per heavy atom. The molecule has 0 saturated carbocycles. The number of para-hydroxylation sites is 3. The van der Waals surface area contributed by atoms with Gasteiger partial charge < -0.3 is 19.9 Å². The van der Waals surface area contributed by atoms with Crippen LogP contribution in [0.15, 0.2) is 78.9 Å². The number of aromatic nitrogens is 2. The van der Waals surface area contributed by atoms with Crippen molar-refractivity contribution >= 4 is 22.8 Å². The molecule has 3 aromatic carbocycles. The fraction of sp³-hybridized carbons (Fsp3) is 0.125. The molecule has 1 heterocycles. The number of fused-ring (bicyclic) bond motifs is 1. The van der Waals surface area contributed by atoms with Gasteiger partial charge in [0.2, 0.25) is 5.91 Å². The minimum Gasteiger partial charge on any atom is -0.457 e. The molecule has 1 aromatic heterocycles. The zero-order valence-corrected chi connectivity index (χ0v) is 17.0. The molecular weight excluding hydrogens is 392 g/mol. The molecule has 0 spiro atoms. The molecule has 2 amide bonds. The topological polar surface area (TPSA) is 87.3 Å². The average molecular weight is 414 g/mol. The van der Waals surface area contributed by atoms with Gasteiger partial charge in [-0.25, -0.2) is 4.98 Å². The lowest BCUT2D eigenvalue weighted by molar-refractivity contribution is -0.129. The number of nitrogens with zero attached hydrogens (tertiary/aromatic N) is 2. The van der Waals surface area contributed by atoms with Crippen LogP contribution in [0.3, 0.4) is 0 Å². The van der Waals surface area contributed by atoms with Crippen molar-refractivity contribution < 1.29 is 14.3 Å². The molecule has 0 unspecified atom stereocenters. The molecule has 4 aromatic rings. The molecule has 0 atom stereocenters. The Bertz CT molecular complexity index is 1150. The average Bonchev–Trinajstić information content (AvgIpc) is 3.20. The summed E-state index contributed by atoms with van der Waals surface area (Å²) in [5, 5.41) is 2.66. The van der Waals surface area contributed by atoms with E-state index < -0.39 is 0 Å². The van der Waals surface area contributed by atoms with Crippen LogP contribution in [0.4, 0.5) is 0 Å². The number of rotatable bonds is 7. The lowest BCUT2D eigenvalue weighted by Gasteiger charge is -2.16. The number of hydrogen-bond acceptors (Lipinski definition) is 4. The van der Waals surface area contributed by atoms with Gasteiger partial charge in [0.25, 0.3) is 5.91 Å². The number of ether oxygens (including phenoxy) is 1. The number of imidazole rings is 1. The van der Waals surface area contributed by atoms with E-state index in [9.17, 15) is 9.59 Å². The Balaban J connectivity index is 1.28. The predicted molar refractivity (Wildman–Crippen MR) is 118 cm³/mol. The molecule has 0 fully saturated rings. The van der Waals surface area contributed by atoms with Crippen molar-refractivity contribution in [3.8, 4) is 11.5 Å². The first-order valence-corrected chi connectivity index (χ1v) is 9.87. The van der Waals surface area contributed by atoms with Crippen molar-refractivity contribution in [2.45, 2.75) is 6.54 Å². The summed E-state index contributed by atoms with van der Waals surface area (Å²) >= 11 is 0. The Morgan fingerprint density at radius 1 is 0.935 bits per heavy atom. The van der Waals surface area contributed by atoms with Crippen molar-refractivity contribution in [1.82, 2.24) is 20.2 Å². The third-order valence-corrected chi connectivity index (χ3v) is 4.75. The third-order valence-electron chi connectivity index (χ3n) is 4.75. The van der Waals surface area contributed by atoms with E-state index in [-0.39, 0.29) is 18.4 Å². The van der Waals surface area contributed by atoms with Gasteiger partial charge in [-0.1, -0.05) is 30.3 Å². The van der Waals surface area contributed by atoms with Crippen LogP contribution in [0.5, 0.6) is 11.5 Å². The van der Waals surface area contributed by atoms with Crippen molar-refractivity contribution in [2.75, 3.05) is 13.6 Å². The van der Waals surface area contributed by atoms with E-state index in [1.54, 1.807) is 31.3 Å². The largest absolute Gasteiger partial charge is 0.457 e. The molecule has 0 aliphatic heterocycles. The van der Waals surface area contributed by atoms with Crippen molar-refractivity contribution in [3.05, 3.63) is 90.3 Å². The van der Waals surface area contributed by atoms with E-state index in [1.165, 1.54) is 4.90 Å². The lowest BCUT2D eigenvalue weighted by atomic mass is 10.2. The molecule has 0 bridgehead atoms. The van der Waals surface area contributed by atoms with Gasteiger partial charge in [-0.15, -0.1) is 0 Å². The van der Waals surface area contributed by atoms with Gasteiger partial charge in [-0.2, -0.15) is 0 Å². The van der Waals surface area contributed by atoms with E-state index >= 15 is 0 Å². The highest BCUT2D eigenvalue weighted by Gasteiger charge is 2.14. The zero-order valence-electron chi connectivity index (χ0n) is 17.0. The second-order valence-corrected chi connectivity index (χ2v) is 7.07. The highest BCUT2D eigenvalue weighted by Crippen LogP contribution is 2.21. The van der Waals surface area contributed by atoms with Crippen LogP contribution < -0.4 is 10.1 Å². The van der Waals surface area contributed by atoms with Crippen LogP contribution in [-0.2, 0) is 11.3 Å². The summed E-state index contributed by atoms with van der Waals surface area (Å²) in [4.78, 5) is 34.0. The Kier molecular flexibility index (Phi) is 5.93. The monoisotopic (exact) mass is 414 g/mol. The molecule has 156 valence electrons. The number of benzene rings is 3. The number of amides is 2. The second-order valence-electron chi connectivity index (χ2n) is 7.07. The maximum absolute atomic E-state index is 12.4. The first-order chi connectivity index (χ1) is 15.1. The maximum Gasteiger partial charge on any atom is 0.251 e. The molecule has 31 heavy (non-hydrogen) atoms. The number of hydrogen-bond donors (Lipinski definition) is 2. The number of carbonyl (C=O) groups is 2. The molecule has 0 aliphatic carbocycles. The molecule has 0 radical (unpaired) electrons. The summed E-state index contributed by atoms with van der Waals surface area (Å²) in [6, 6.07) is 23.8. The number of H-pyrrole nitrogens is 1. The van der Waals surface area contributed by atoms with Crippen LogP contribution in [0.2, 0.25) is 0 Å². The molecule has 7 nitrogen and oxygen atoms in total. The summed E-state index contributed by atoms with van der Waals surface area (Å²) in [5.74, 6) is 1.51. The zero-order chi connectivity index (χ0) is 21.6. The van der Waals surface area contributed by atoms with Gasteiger partial charge in [0.05, 0.1) is 24.1 Å². The van der Waals surface area contributed by atoms with E-state index in [4.69, 9.17) is 4.74 Å². The highest BCUT2D eigenvalue weighted by molar-refractivity contribution is 5.96. The molecule has 2 N–H and O–H groups in total. The fourth-order valence-corrected chi connectivity index (χ4v) is 3.09. The van der Waals surface area contributed by atoms with Crippen LogP contribution >= 0.6 is 0 Å². The quantitative estimate of drug-likeness (QED) is 0.482. The van der Waals surface area contributed by atoms with Crippen molar-refractivity contribution in [2.24, 2.45) is 0 Å². The number of carbonyl (C=O) groups excluding carboxylic acids is 2. The normalized spacial score (nSPS) is 10.6. The van der Waals surface area contributed by atoms with E-state index in [1.807, 2.05) is 54.6 Å². The van der Waals surface area contributed by atoms with Gasteiger partial charge >= 0.3 is 0 Å².